The zero-order valence-corrected chi connectivity index (χ0v) is 22.6. The lowest BCUT2D eigenvalue weighted by Crippen LogP contribution is -2.49. The lowest BCUT2D eigenvalue weighted by atomic mass is 10.0. The van der Waals surface area contributed by atoms with E-state index in [1.807, 2.05) is 6.92 Å². The molecule has 0 spiro atoms. The Balaban J connectivity index is 1.60. The predicted octanol–water partition coefficient (Wildman–Crippen LogP) is 3.13. The second-order valence-corrected chi connectivity index (χ2v) is 9.48. The van der Waals surface area contributed by atoms with Crippen molar-refractivity contribution in [1.29, 1.82) is 0 Å². The number of hydrogen-bond acceptors (Lipinski definition) is 7. The number of piperidine rings is 1. The number of hydrogen-bond donors (Lipinski definition) is 2. The highest BCUT2D eigenvalue weighted by molar-refractivity contribution is 5.77. The molecule has 0 radical (unpaired) electrons. The second kappa shape index (κ2) is 13.5. The molecule has 1 aliphatic rings. The van der Waals surface area contributed by atoms with Gasteiger partial charge in [-0.25, -0.2) is 9.48 Å². The fraction of sp³-hybridized carbons (Fsp3) is 0.538. The van der Waals surface area contributed by atoms with Crippen molar-refractivity contribution in [3.63, 3.8) is 0 Å². The normalized spacial score (nSPS) is 15.0. The van der Waals surface area contributed by atoms with Gasteiger partial charge in [-0.1, -0.05) is 12.1 Å². The molecule has 40 heavy (non-hydrogen) atoms. The maximum absolute atomic E-state index is 13.9. The smallest absolute Gasteiger partial charge is 0.423 e. The van der Waals surface area contributed by atoms with Gasteiger partial charge < -0.3 is 29.7 Å². The Labute approximate surface area is 229 Å². The summed E-state index contributed by atoms with van der Waals surface area (Å²) in [5.74, 6) is 0.281. The largest absolute Gasteiger partial charge is 0.497 e. The fourth-order valence-electron chi connectivity index (χ4n) is 4.61. The van der Waals surface area contributed by atoms with E-state index in [4.69, 9.17) is 14.6 Å². The summed E-state index contributed by atoms with van der Waals surface area (Å²) in [6.45, 7) is 3.91. The molecule has 2 amide bonds. The van der Waals surface area contributed by atoms with Gasteiger partial charge in [0.1, 0.15) is 17.9 Å². The number of nitrogens with one attached hydrogen (secondary N) is 1. The molecular formula is C26H34F3N5O6. The van der Waals surface area contributed by atoms with Gasteiger partial charge in [0, 0.05) is 31.7 Å². The zero-order valence-electron chi connectivity index (χ0n) is 22.6. The van der Waals surface area contributed by atoms with Crippen LogP contribution in [0.1, 0.15) is 37.8 Å². The van der Waals surface area contributed by atoms with Gasteiger partial charge in [-0.05, 0) is 44.4 Å². The van der Waals surface area contributed by atoms with E-state index in [9.17, 15) is 27.6 Å². The van der Waals surface area contributed by atoms with Crippen LogP contribution in [0.15, 0.2) is 35.3 Å². The highest BCUT2D eigenvalue weighted by Crippen LogP contribution is 2.32. The maximum atomic E-state index is 13.9. The molecule has 0 unspecified atom stereocenters. The summed E-state index contributed by atoms with van der Waals surface area (Å²) in [5.41, 5.74) is -2.57. The SMILES string of the molecule is CCN(C(=O)COC[C@H](C)Nc1cnn(Cc2ccc(OC)cc2)c(=O)c1C(F)(F)F)C1CCN(C(=O)O)CC1. The Bertz CT molecular complexity index is 1210. The summed E-state index contributed by atoms with van der Waals surface area (Å²) in [6, 6.07) is 5.74. The number of carbonyl (C=O) groups is 2. The number of carbonyl (C=O) groups excluding carboxylic acids is 1. The summed E-state index contributed by atoms with van der Waals surface area (Å²) in [5, 5.41) is 15.7. The van der Waals surface area contributed by atoms with Crippen molar-refractivity contribution in [3.8, 4) is 5.75 Å². The van der Waals surface area contributed by atoms with E-state index in [1.54, 1.807) is 36.1 Å². The number of likely N-dealkylation sites (N-methyl/N-ethyl adjacent to an activating group) is 1. The summed E-state index contributed by atoms with van der Waals surface area (Å²) < 4.78 is 53.0. The molecule has 0 bridgehead atoms. The number of alkyl halides is 3. The van der Waals surface area contributed by atoms with Crippen LogP contribution in [0.3, 0.4) is 0 Å². The number of likely N-dealkylation sites (tertiary alicyclic amines) is 1. The first-order valence-corrected chi connectivity index (χ1v) is 12.9. The minimum Gasteiger partial charge on any atom is -0.497 e. The highest BCUT2D eigenvalue weighted by atomic mass is 19.4. The minimum absolute atomic E-state index is 0.104. The minimum atomic E-state index is -4.93. The molecule has 1 aromatic carbocycles. The number of nitrogens with zero attached hydrogens (tertiary/aromatic N) is 4. The molecule has 1 aromatic heterocycles. The molecule has 11 nitrogen and oxygen atoms in total. The van der Waals surface area contributed by atoms with E-state index in [2.05, 4.69) is 10.4 Å². The molecule has 0 aliphatic carbocycles. The third-order valence-electron chi connectivity index (χ3n) is 6.65. The van der Waals surface area contributed by atoms with Crippen LogP contribution in [0.25, 0.3) is 0 Å². The van der Waals surface area contributed by atoms with Crippen molar-refractivity contribution < 1.29 is 37.3 Å². The zero-order chi connectivity index (χ0) is 29.4. The van der Waals surface area contributed by atoms with Crippen LogP contribution < -0.4 is 15.6 Å². The molecule has 14 heteroatoms. The third-order valence-corrected chi connectivity index (χ3v) is 6.65. The summed E-state index contributed by atoms with van der Waals surface area (Å²) >= 11 is 0. The summed E-state index contributed by atoms with van der Waals surface area (Å²) in [7, 11) is 1.49. The Kier molecular flexibility index (Phi) is 10.4. The molecule has 0 saturated carbocycles. The molecule has 2 heterocycles. The van der Waals surface area contributed by atoms with Gasteiger partial charge in [0.05, 0.1) is 32.1 Å². The van der Waals surface area contributed by atoms with Crippen molar-refractivity contribution in [2.24, 2.45) is 0 Å². The highest BCUT2D eigenvalue weighted by Gasteiger charge is 2.38. The van der Waals surface area contributed by atoms with Gasteiger partial charge in [0.25, 0.3) is 5.56 Å². The van der Waals surface area contributed by atoms with Crippen LogP contribution in [0.4, 0.5) is 23.7 Å². The van der Waals surface area contributed by atoms with Gasteiger partial charge >= 0.3 is 12.3 Å². The standard InChI is InChI=1S/C26H34F3N5O6/c1-4-33(19-9-11-32(12-10-19)25(37)38)22(35)16-40-15-17(2)31-21-13-30-34(24(36)23(21)26(27,28)29)14-18-5-7-20(39-3)8-6-18/h5-8,13,17,19,31H,4,9-12,14-16H2,1-3H3,(H,37,38)/t17-/m0/s1. The number of halogens is 3. The van der Waals surface area contributed by atoms with Crippen LogP contribution in [-0.4, -0.2) is 88.7 Å². The first-order chi connectivity index (χ1) is 18.9. The van der Waals surface area contributed by atoms with Crippen molar-refractivity contribution in [3.05, 3.63) is 51.9 Å². The average molecular weight is 570 g/mol. The van der Waals surface area contributed by atoms with E-state index in [0.29, 0.717) is 43.8 Å². The number of benzene rings is 1. The van der Waals surface area contributed by atoms with Gasteiger partial charge in [0.15, 0.2) is 0 Å². The summed E-state index contributed by atoms with van der Waals surface area (Å²) in [6.07, 6.45) is -3.94. The van der Waals surface area contributed by atoms with Crippen LogP contribution in [0.2, 0.25) is 0 Å². The molecule has 1 fully saturated rings. The average Bonchev–Trinajstić information content (AvgIpc) is 2.90. The van der Waals surface area contributed by atoms with Gasteiger partial charge in [-0.15, -0.1) is 0 Å². The quantitative estimate of drug-likeness (QED) is 0.423. The number of amides is 2. The molecule has 1 saturated heterocycles. The number of carboxylic acid groups (broad SMARTS) is 1. The van der Waals surface area contributed by atoms with Crippen LogP contribution in [0.5, 0.6) is 5.75 Å². The lowest BCUT2D eigenvalue weighted by Gasteiger charge is -2.37. The lowest BCUT2D eigenvalue weighted by molar-refractivity contribution is -0.139. The van der Waals surface area contributed by atoms with Gasteiger partial charge in [0.2, 0.25) is 5.91 Å². The molecule has 3 rings (SSSR count). The Morgan fingerprint density at radius 2 is 1.88 bits per heavy atom. The van der Waals surface area contributed by atoms with E-state index in [0.717, 1.165) is 10.9 Å². The fourth-order valence-corrected chi connectivity index (χ4v) is 4.61. The third kappa shape index (κ3) is 7.87. The van der Waals surface area contributed by atoms with Crippen LogP contribution in [0, 0.1) is 0 Å². The Hall–Kier alpha value is -3.81. The molecule has 2 aromatic rings. The van der Waals surface area contributed by atoms with E-state index >= 15 is 0 Å². The van der Waals surface area contributed by atoms with E-state index < -0.39 is 35.1 Å². The number of aromatic nitrogens is 2. The monoisotopic (exact) mass is 569 g/mol. The second-order valence-electron chi connectivity index (χ2n) is 9.48. The Morgan fingerprint density at radius 3 is 2.42 bits per heavy atom. The van der Waals surface area contributed by atoms with E-state index in [-0.39, 0.29) is 31.7 Å². The van der Waals surface area contributed by atoms with Crippen molar-refractivity contribution in [2.75, 3.05) is 45.3 Å². The molecule has 1 aliphatic heterocycles. The maximum Gasteiger partial charge on any atom is 0.423 e. The van der Waals surface area contributed by atoms with Crippen molar-refractivity contribution >= 4 is 17.7 Å². The summed E-state index contributed by atoms with van der Waals surface area (Å²) in [4.78, 5) is 39.5. The van der Waals surface area contributed by atoms with Crippen LogP contribution in [-0.2, 0) is 22.3 Å². The van der Waals surface area contributed by atoms with Crippen molar-refractivity contribution in [1.82, 2.24) is 19.6 Å². The molecular weight excluding hydrogens is 535 g/mol. The number of methoxy groups -OCH3 is 1. The van der Waals surface area contributed by atoms with Gasteiger partial charge in [-0.2, -0.15) is 18.3 Å². The van der Waals surface area contributed by atoms with Gasteiger partial charge in [-0.3, -0.25) is 9.59 Å². The number of rotatable bonds is 11. The first kappa shape index (κ1) is 30.7. The number of ether oxygens (including phenoxy) is 2. The van der Waals surface area contributed by atoms with E-state index in [1.165, 1.54) is 12.0 Å². The first-order valence-electron chi connectivity index (χ1n) is 12.9. The molecule has 1 atom stereocenters. The predicted molar refractivity (Wildman–Crippen MR) is 140 cm³/mol. The molecule has 220 valence electrons. The molecule has 2 N–H and O–H groups in total. The van der Waals surface area contributed by atoms with Crippen LogP contribution >= 0.6 is 0 Å². The number of anilines is 1. The van der Waals surface area contributed by atoms with Crippen molar-refractivity contribution in [2.45, 2.75) is 51.5 Å². The Morgan fingerprint density at radius 1 is 1.23 bits per heavy atom. The topological polar surface area (TPSA) is 126 Å².